The zero-order valence-corrected chi connectivity index (χ0v) is 14.9. The van der Waals surface area contributed by atoms with Gasteiger partial charge in [-0.05, 0) is 11.6 Å². The number of aromatic nitrogens is 5. The zero-order chi connectivity index (χ0) is 19.3. The first kappa shape index (κ1) is 17.5. The number of aromatic amines is 1. The van der Waals surface area contributed by atoms with Crippen molar-refractivity contribution in [2.75, 3.05) is 5.32 Å². The van der Waals surface area contributed by atoms with E-state index in [0.717, 1.165) is 16.7 Å². The van der Waals surface area contributed by atoms with Crippen molar-refractivity contribution in [2.24, 2.45) is 0 Å². The lowest BCUT2D eigenvalue weighted by Gasteiger charge is -2.03. The first-order valence-electron chi connectivity index (χ1n) is 8.74. The number of hydrogen-bond donors (Lipinski definition) is 2. The number of H-pyrrole nitrogens is 1. The standard InChI is InChI=1S/C20H18N6O2/c27-19-7-6-16(10-21-19)17-11-22-26(13-17)14-20(28)23-18-8-9-25(24-18)12-15-4-2-1-3-5-15/h1-11,13H,12,14H2,(H,21,27)(H,23,24,28). The number of nitrogens with one attached hydrogen (secondary N) is 2. The Morgan fingerprint density at radius 2 is 1.89 bits per heavy atom. The quantitative estimate of drug-likeness (QED) is 0.540. The fourth-order valence-corrected chi connectivity index (χ4v) is 2.81. The zero-order valence-electron chi connectivity index (χ0n) is 14.9. The van der Waals surface area contributed by atoms with E-state index in [-0.39, 0.29) is 18.0 Å². The van der Waals surface area contributed by atoms with Gasteiger partial charge in [0.2, 0.25) is 11.5 Å². The van der Waals surface area contributed by atoms with Crippen molar-refractivity contribution >= 4 is 11.7 Å². The molecule has 1 aromatic carbocycles. The molecule has 0 atom stereocenters. The van der Waals surface area contributed by atoms with Crippen molar-refractivity contribution in [2.45, 2.75) is 13.1 Å². The van der Waals surface area contributed by atoms with Crippen molar-refractivity contribution in [3.8, 4) is 11.1 Å². The summed E-state index contributed by atoms with van der Waals surface area (Å²) in [5.41, 5.74) is 2.61. The molecule has 0 saturated heterocycles. The minimum atomic E-state index is -0.221. The number of benzene rings is 1. The number of carbonyl (C=O) groups excluding carboxylic acids is 1. The van der Waals surface area contributed by atoms with E-state index in [1.165, 1.54) is 10.7 Å². The Bertz CT molecular complexity index is 1120. The van der Waals surface area contributed by atoms with Crippen LogP contribution in [0.5, 0.6) is 0 Å². The molecular weight excluding hydrogens is 356 g/mol. The van der Waals surface area contributed by atoms with E-state index in [2.05, 4.69) is 20.5 Å². The summed E-state index contributed by atoms with van der Waals surface area (Å²) in [6.07, 6.45) is 6.84. The average Bonchev–Trinajstić information content (AvgIpc) is 3.33. The molecule has 0 saturated carbocycles. The maximum atomic E-state index is 12.3. The van der Waals surface area contributed by atoms with Crippen molar-refractivity contribution in [1.29, 1.82) is 0 Å². The lowest BCUT2D eigenvalue weighted by molar-refractivity contribution is -0.116. The molecule has 140 valence electrons. The summed E-state index contributed by atoms with van der Waals surface area (Å²) in [4.78, 5) is 26.0. The Balaban J connectivity index is 1.36. The first-order chi connectivity index (χ1) is 13.7. The predicted octanol–water partition coefficient (Wildman–Crippen LogP) is 2.12. The van der Waals surface area contributed by atoms with Gasteiger partial charge in [-0.1, -0.05) is 30.3 Å². The smallest absolute Gasteiger partial charge is 0.247 e. The molecular formula is C20H18N6O2. The summed E-state index contributed by atoms with van der Waals surface area (Å²) in [6.45, 7) is 0.702. The second-order valence-electron chi connectivity index (χ2n) is 6.30. The molecule has 0 radical (unpaired) electrons. The lowest BCUT2D eigenvalue weighted by atomic mass is 10.2. The van der Waals surface area contributed by atoms with Crippen LogP contribution in [0.25, 0.3) is 11.1 Å². The Morgan fingerprint density at radius 1 is 1.04 bits per heavy atom. The van der Waals surface area contributed by atoms with Crippen molar-refractivity contribution in [3.63, 3.8) is 0 Å². The minimum absolute atomic E-state index is 0.0644. The van der Waals surface area contributed by atoms with E-state index in [0.29, 0.717) is 12.4 Å². The highest BCUT2D eigenvalue weighted by Gasteiger charge is 2.09. The maximum Gasteiger partial charge on any atom is 0.247 e. The third kappa shape index (κ3) is 4.24. The summed E-state index contributed by atoms with van der Waals surface area (Å²) in [5, 5.41) is 11.3. The molecule has 0 spiro atoms. The largest absolute Gasteiger partial charge is 0.328 e. The normalized spacial score (nSPS) is 10.7. The third-order valence-electron chi connectivity index (χ3n) is 4.15. The van der Waals surface area contributed by atoms with Crippen LogP contribution in [0.4, 0.5) is 5.82 Å². The van der Waals surface area contributed by atoms with E-state index in [1.54, 1.807) is 35.4 Å². The van der Waals surface area contributed by atoms with Crippen molar-refractivity contribution in [3.05, 3.63) is 89.2 Å². The van der Waals surface area contributed by atoms with E-state index in [4.69, 9.17) is 0 Å². The molecule has 0 unspecified atom stereocenters. The van der Waals surface area contributed by atoms with Crippen molar-refractivity contribution in [1.82, 2.24) is 24.5 Å². The second-order valence-corrected chi connectivity index (χ2v) is 6.30. The minimum Gasteiger partial charge on any atom is -0.328 e. The van der Waals surface area contributed by atoms with Gasteiger partial charge in [-0.3, -0.25) is 19.0 Å². The fourth-order valence-electron chi connectivity index (χ4n) is 2.81. The van der Waals surface area contributed by atoms with Crippen LogP contribution in [0.2, 0.25) is 0 Å². The van der Waals surface area contributed by atoms with Crippen LogP contribution in [-0.2, 0) is 17.9 Å². The molecule has 8 nitrogen and oxygen atoms in total. The van der Waals surface area contributed by atoms with E-state index < -0.39 is 0 Å². The monoisotopic (exact) mass is 374 g/mol. The molecule has 0 fully saturated rings. The third-order valence-corrected chi connectivity index (χ3v) is 4.15. The van der Waals surface area contributed by atoms with Gasteiger partial charge in [-0.15, -0.1) is 0 Å². The van der Waals surface area contributed by atoms with Crippen molar-refractivity contribution < 1.29 is 4.79 Å². The van der Waals surface area contributed by atoms with Gasteiger partial charge in [0.25, 0.3) is 0 Å². The number of pyridine rings is 1. The van der Waals surface area contributed by atoms with Gasteiger partial charge in [0.05, 0.1) is 12.7 Å². The average molecular weight is 374 g/mol. The van der Waals surface area contributed by atoms with Crippen LogP contribution < -0.4 is 10.9 Å². The van der Waals surface area contributed by atoms with Gasteiger partial charge >= 0.3 is 0 Å². The highest BCUT2D eigenvalue weighted by Crippen LogP contribution is 2.15. The number of hydrogen-bond acceptors (Lipinski definition) is 4. The number of amides is 1. The van der Waals surface area contributed by atoms with E-state index in [1.807, 2.05) is 36.5 Å². The Labute approximate surface area is 160 Å². The molecule has 0 aliphatic heterocycles. The maximum absolute atomic E-state index is 12.3. The fraction of sp³-hybridized carbons (Fsp3) is 0.100. The van der Waals surface area contributed by atoms with Gasteiger partial charge in [-0.2, -0.15) is 10.2 Å². The van der Waals surface area contributed by atoms with E-state index >= 15 is 0 Å². The Morgan fingerprint density at radius 3 is 2.68 bits per heavy atom. The van der Waals surface area contributed by atoms with Gasteiger partial charge in [0.1, 0.15) is 6.54 Å². The number of carbonyl (C=O) groups is 1. The van der Waals surface area contributed by atoms with Gasteiger partial charge < -0.3 is 10.3 Å². The number of nitrogens with zero attached hydrogens (tertiary/aromatic N) is 4. The SMILES string of the molecule is O=C(Cn1cc(-c2ccc(=O)[nH]c2)cn1)Nc1ccn(Cc2ccccc2)n1. The summed E-state index contributed by atoms with van der Waals surface area (Å²) < 4.78 is 3.31. The Kier molecular flexibility index (Phi) is 4.83. The summed E-state index contributed by atoms with van der Waals surface area (Å²) in [5.74, 6) is 0.273. The molecule has 0 bridgehead atoms. The summed E-state index contributed by atoms with van der Waals surface area (Å²) >= 11 is 0. The highest BCUT2D eigenvalue weighted by molar-refractivity contribution is 5.89. The number of anilines is 1. The molecule has 4 aromatic rings. The molecule has 3 aromatic heterocycles. The summed E-state index contributed by atoms with van der Waals surface area (Å²) in [7, 11) is 0. The van der Waals surface area contributed by atoms with Gasteiger partial charge in [0.15, 0.2) is 5.82 Å². The highest BCUT2D eigenvalue weighted by atomic mass is 16.2. The van der Waals surface area contributed by atoms with Crippen LogP contribution in [0.1, 0.15) is 5.56 Å². The second kappa shape index (κ2) is 7.75. The number of rotatable bonds is 6. The van der Waals surface area contributed by atoms with Gasteiger partial charge in [0, 0.05) is 41.9 Å². The van der Waals surface area contributed by atoms with E-state index in [9.17, 15) is 9.59 Å². The molecule has 1 amide bonds. The molecule has 28 heavy (non-hydrogen) atoms. The predicted molar refractivity (Wildman–Crippen MR) is 105 cm³/mol. The van der Waals surface area contributed by atoms with Crippen LogP contribution >= 0.6 is 0 Å². The van der Waals surface area contributed by atoms with Crippen LogP contribution in [0, 0.1) is 0 Å². The van der Waals surface area contributed by atoms with Crippen LogP contribution in [-0.4, -0.2) is 30.5 Å². The van der Waals surface area contributed by atoms with Crippen LogP contribution in [0.3, 0.4) is 0 Å². The summed E-state index contributed by atoms with van der Waals surface area (Å²) in [6, 6.07) is 14.9. The van der Waals surface area contributed by atoms with Crippen LogP contribution in [0.15, 0.2) is 78.1 Å². The molecule has 4 rings (SSSR count). The lowest BCUT2D eigenvalue weighted by Crippen LogP contribution is -2.19. The molecule has 0 aliphatic carbocycles. The topological polar surface area (TPSA) is 97.6 Å². The molecule has 2 N–H and O–H groups in total. The first-order valence-corrected chi connectivity index (χ1v) is 8.74. The molecule has 0 aliphatic rings. The van der Waals surface area contributed by atoms with Gasteiger partial charge in [-0.25, -0.2) is 0 Å². The Hall–Kier alpha value is -3.94. The molecule has 3 heterocycles. The molecule has 8 heteroatoms.